The van der Waals surface area contributed by atoms with Crippen molar-refractivity contribution >= 4 is 22.9 Å². The molecule has 2 N–H and O–H groups in total. The number of halogens is 1. The lowest BCUT2D eigenvalue weighted by Crippen LogP contribution is -2.30. The van der Waals surface area contributed by atoms with Crippen LogP contribution >= 0.6 is 0 Å². The molecule has 9 nitrogen and oxygen atoms in total. The summed E-state index contributed by atoms with van der Waals surface area (Å²) in [7, 11) is 0. The van der Waals surface area contributed by atoms with Crippen molar-refractivity contribution in [3.05, 3.63) is 76.2 Å². The Morgan fingerprint density at radius 1 is 1.13 bits per heavy atom. The van der Waals surface area contributed by atoms with Crippen molar-refractivity contribution < 1.29 is 9.18 Å². The van der Waals surface area contributed by atoms with Crippen LogP contribution in [0.1, 0.15) is 15.9 Å². The Hall–Kier alpha value is -4.08. The molecule has 0 aliphatic carbocycles. The summed E-state index contributed by atoms with van der Waals surface area (Å²) in [6, 6.07) is 9.70. The van der Waals surface area contributed by atoms with E-state index >= 15 is 0 Å². The van der Waals surface area contributed by atoms with Gasteiger partial charge in [0, 0.05) is 32.0 Å². The summed E-state index contributed by atoms with van der Waals surface area (Å²) in [5, 5.41) is 2.80. The number of rotatable bonds is 3. The second kappa shape index (κ2) is 7.07. The average molecular weight is 405 g/mol. The molecule has 0 spiro atoms. The van der Waals surface area contributed by atoms with Crippen molar-refractivity contribution in [3.8, 4) is 5.95 Å². The third-order valence-electron chi connectivity index (χ3n) is 4.89. The number of fused-ring (bicyclic) bond motifs is 2. The molecular formula is C20H16FN7O2. The average Bonchev–Trinajstić information content (AvgIpc) is 3.00. The Bertz CT molecular complexity index is 1330. The van der Waals surface area contributed by atoms with E-state index in [4.69, 9.17) is 0 Å². The lowest BCUT2D eigenvalue weighted by atomic mass is 10.2. The van der Waals surface area contributed by atoms with Crippen LogP contribution in [0.5, 0.6) is 0 Å². The molecule has 0 unspecified atom stereocenters. The third kappa shape index (κ3) is 3.08. The summed E-state index contributed by atoms with van der Waals surface area (Å²) in [4.78, 5) is 42.4. The summed E-state index contributed by atoms with van der Waals surface area (Å²) in [6.07, 6.45) is 2.98. The zero-order valence-corrected chi connectivity index (χ0v) is 15.7. The van der Waals surface area contributed by atoms with Crippen LogP contribution in [0.15, 0.2) is 53.6 Å². The molecule has 1 aliphatic heterocycles. The highest BCUT2D eigenvalue weighted by molar-refractivity contribution is 5.99. The standard InChI is InChI=1S/C20H16FN7O2/c21-13-4-1-3-12(9-13)11-27-8-7-23-18(29)14-10-24-19(26-17(14)27)28-15-5-2-6-22-16(15)25-20(28)30/h1-6,9-10H,7-8,11H2,(H,23,29)(H,22,25,30). The van der Waals surface area contributed by atoms with Gasteiger partial charge in [0.15, 0.2) is 5.65 Å². The fourth-order valence-corrected chi connectivity index (χ4v) is 3.53. The van der Waals surface area contributed by atoms with E-state index in [2.05, 4.69) is 25.3 Å². The van der Waals surface area contributed by atoms with Crippen molar-refractivity contribution in [1.29, 1.82) is 0 Å². The van der Waals surface area contributed by atoms with E-state index in [-0.39, 0.29) is 17.7 Å². The Balaban J connectivity index is 1.63. The molecule has 0 saturated carbocycles. The second-order valence-corrected chi connectivity index (χ2v) is 6.85. The first-order chi connectivity index (χ1) is 14.6. The molecular weight excluding hydrogens is 389 g/mol. The Morgan fingerprint density at radius 2 is 2.03 bits per heavy atom. The van der Waals surface area contributed by atoms with Crippen LogP contribution in [0.25, 0.3) is 17.1 Å². The normalized spacial score (nSPS) is 13.8. The first-order valence-corrected chi connectivity index (χ1v) is 9.31. The van der Waals surface area contributed by atoms with Gasteiger partial charge in [-0.3, -0.25) is 9.78 Å². The minimum atomic E-state index is -0.432. The van der Waals surface area contributed by atoms with E-state index in [1.165, 1.54) is 22.9 Å². The highest BCUT2D eigenvalue weighted by atomic mass is 19.1. The first-order valence-electron chi connectivity index (χ1n) is 9.31. The summed E-state index contributed by atoms with van der Waals surface area (Å²) < 4.78 is 15.0. The minimum absolute atomic E-state index is 0.122. The van der Waals surface area contributed by atoms with Crippen molar-refractivity contribution in [1.82, 2.24) is 29.8 Å². The summed E-state index contributed by atoms with van der Waals surface area (Å²) in [6.45, 7) is 1.22. The number of benzene rings is 1. The van der Waals surface area contributed by atoms with E-state index in [1.54, 1.807) is 30.5 Å². The van der Waals surface area contributed by atoms with Gasteiger partial charge in [-0.05, 0) is 29.8 Å². The van der Waals surface area contributed by atoms with Crippen LogP contribution in [-0.4, -0.2) is 43.5 Å². The highest BCUT2D eigenvalue weighted by Gasteiger charge is 2.25. The van der Waals surface area contributed by atoms with E-state index in [1.807, 2.05) is 4.90 Å². The van der Waals surface area contributed by atoms with Gasteiger partial charge in [-0.2, -0.15) is 4.98 Å². The van der Waals surface area contributed by atoms with Crippen LogP contribution in [-0.2, 0) is 6.54 Å². The maximum atomic E-state index is 13.6. The van der Waals surface area contributed by atoms with Crippen LogP contribution < -0.4 is 15.9 Å². The number of nitrogens with zero attached hydrogens (tertiary/aromatic N) is 5. The number of nitrogens with one attached hydrogen (secondary N) is 2. The molecule has 1 aromatic carbocycles. The first kappa shape index (κ1) is 18.0. The van der Waals surface area contributed by atoms with Crippen molar-refractivity contribution in [3.63, 3.8) is 0 Å². The summed E-state index contributed by atoms with van der Waals surface area (Å²) >= 11 is 0. The quantitative estimate of drug-likeness (QED) is 0.533. The van der Waals surface area contributed by atoms with Crippen LogP contribution in [0, 0.1) is 5.82 Å². The maximum absolute atomic E-state index is 13.6. The zero-order chi connectivity index (χ0) is 20.7. The number of amides is 1. The lowest BCUT2D eigenvalue weighted by Gasteiger charge is -2.23. The monoisotopic (exact) mass is 405 g/mol. The van der Waals surface area contributed by atoms with E-state index in [0.717, 1.165) is 5.56 Å². The fourth-order valence-electron chi connectivity index (χ4n) is 3.53. The maximum Gasteiger partial charge on any atom is 0.334 e. The van der Waals surface area contributed by atoms with Crippen LogP contribution in [0.3, 0.4) is 0 Å². The number of hydrogen-bond acceptors (Lipinski definition) is 6. The van der Waals surface area contributed by atoms with Gasteiger partial charge in [0.05, 0.1) is 5.52 Å². The number of aromatic amines is 1. The number of carbonyl (C=O) groups excluding carboxylic acids is 1. The fraction of sp³-hybridized carbons (Fsp3) is 0.150. The minimum Gasteiger partial charge on any atom is -0.350 e. The number of imidazole rings is 1. The molecule has 4 heterocycles. The predicted octanol–water partition coefficient (Wildman–Crippen LogP) is 1.39. The van der Waals surface area contributed by atoms with Gasteiger partial charge >= 0.3 is 5.69 Å². The summed E-state index contributed by atoms with van der Waals surface area (Å²) in [5.41, 5.74) is 1.54. The molecule has 5 rings (SSSR count). The lowest BCUT2D eigenvalue weighted by molar-refractivity contribution is 0.0957. The molecule has 0 saturated heterocycles. The van der Waals surface area contributed by atoms with Gasteiger partial charge < -0.3 is 10.2 Å². The summed E-state index contributed by atoms with van der Waals surface area (Å²) in [5.74, 6) is -0.134. The zero-order valence-electron chi connectivity index (χ0n) is 15.7. The van der Waals surface area contributed by atoms with Gasteiger partial charge in [-0.15, -0.1) is 0 Å². The van der Waals surface area contributed by atoms with E-state index in [0.29, 0.717) is 42.2 Å². The number of carbonyl (C=O) groups is 1. The number of pyridine rings is 1. The van der Waals surface area contributed by atoms with Gasteiger partial charge in [0.1, 0.15) is 17.2 Å². The number of aromatic nitrogens is 5. The molecule has 3 aromatic heterocycles. The third-order valence-corrected chi connectivity index (χ3v) is 4.89. The van der Waals surface area contributed by atoms with Crippen LogP contribution in [0.2, 0.25) is 0 Å². The molecule has 150 valence electrons. The largest absolute Gasteiger partial charge is 0.350 e. The Labute approximate surface area is 169 Å². The second-order valence-electron chi connectivity index (χ2n) is 6.85. The molecule has 1 amide bonds. The van der Waals surface area contributed by atoms with Crippen molar-refractivity contribution in [2.24, 2.45) is 0 Å². The molecule has 0 bridgehead atoms. The smallest absolute Gasteiger partial charge is 0.334 e. The van der Waals surface area contributed by atoms with Gasteiger partial charge in [0.25, 0.3) is 5.91 Å². The number of H-pyrrole nitrogens is 1. The van der Waals surface area contributed by atoms with Gasteiger partial charge in [-0.25, -0.2) is 23.7 Å². The molecule has 10 heteroatoms. The Kier molecular flexibility index (Phi) is 4.24. The molecule has 30 heavy (non-hydrogen) atoms. The van der Waals surface area contributed by atoms with E-state index in [9.17, 15) is 14.0 Å². The SMILES string of the molecule is O=C1NCCN(Cc2cccc(F)c2)c2nc(-n3c(=O)[nH]c4ncccc43)ncc21. The molecule has 0 radical (unpaired) electrons. The molecule has 0 fully saturated rings. The Morgan fingerprint density at radius 3 is 2.90 bits per heavy atom. The van der Waals surface area contributed by atoms with Gasteiger partial charge in [0.2, 0.25) is 5.95 Å². The molecule has 4 aromatic rings. The van der Waals surface area contributed by atoms with Crippen LogP contribution in [0.4, 0.5) is 10.2 Å². The van der Waals surface area contributed by atoms with Crippen molar-refractivity contribution in [2.45, 2.75) is 6.54 Å². The van der Waals surface area contributed by atoms with Crippen molar-refractivity contribution in [2.75, 3.05) is 18.0 Å². The van der Waals surface area contributed by atoms with E-state index < -0.39 is 5.69 Å². The molecule has 0 atom stereocenters. The highest BCUT2D eigenvalue weighted by Crippen LogP contribution is 2.23. The molecule has 1 aliphatic rings. The number of anilines is 1. The number of hydrogen-bond donors (Lipinski definition) is 2. The van der Waals surface area contributed by atoms with Gasteiger partial charge in [-0.1, -0.05) is 12.1 Å². The predicted molar refractivity (Wildman–Crippen MR) is 107 cm³/mol. The topological polar surface area (TPSA) is 109 Å².